The van der Waals surface area contributed by atoms with E-state index in [0.29, 0.717) is 0 Å². The molecular weight excluding hydrogens is 220 g/mol. The monoisotopic (exact) mass is 238 g/mol. The number of nitrogens with zero attached hydrogens (tertiary/aromatic N) is 2. The van der Waals surface area contributed by atoms with Gasteiger partial charge in [-0.2, -0.15) is 10.2 Å². The summed E-state index contributed by atoms with van der Waals surface area (Å²) < 4.78 is 0. The fraction of sp³-hybridized carbons (Fsp3) is 0.250. The molecular formula is C16H18N2. The smallest absolute Gasteiger partial charge is 0.0862 e. The van der Waals surface area contributed by atoms with Gasteiger partial charge in [0, 0.05) is 0 Å². The van der Waals surface area contributed by atoms with Crippen LogP contribution in [0.5, 0.6) is 0 Å². The third kappa shape index (κ3) is 3.27. The van der Waals surface area contributed by atoms with Gasteiger partial charge in [0.1, 0.15) is 0 Å². The molecule has 0 saturated heterocycles. The lowest BCUT2D eigenvalue weighted by Gasteiger charge is -2.03. The van der Waals surface area contributed by atoms with Gasteiger partial charge in [-0.1, -0.05) is 38.1 Å². The van der Waals surface area contributed by atoms with Crippen LogP contribution >= 0.6 is 0 Å². The quantitative estimate of drug-likeness (QED) is 0.652. The standard InChI is InChI=1S/C16H18N2/c1-3-13-10-14(4-2)12-16(11-13)18-17-15-8-6-5-7-9-15/h5-12H,3-4H2,1-2H3. The van der Waals surface area contributed by atoms with E-state index in [1.165, 1.54) is 11.1 Å². The molecule has 0 radical (unpaired) electrons. The summed E-state index contributed by atoms with van der Waals surface area (Å²) in [6, 6.07) is 16.3. The van der Waals surface area contributed by atoms with E-state index in [1.807, 2.05) is 30.3 Å². The Kier molecular flexibility index (Phi) is 4.24. The van der Waals surface area contributed by atoms with Gasteiger partial charge in [-0.05, 0) is 48.2 Å². The van der Waals surface area contributed by atoms with Crippen molar-refractivity contribution in [2.24, 2.45) is 10.2 Å². The van der Waals surface area contributed by atoms with Gasteiger partial charge in [-0.25, -0.2) is 0 Å². The minimum absolute atomic E-state index is 0.887. The summed E-state index contributed by atoms with van der Waals surface area (Å²) in [5.74, 6) is 0. The van der Waals surface area contributed by atoms with Crippen LogP contribution in [0.1, 0.15) is 25.0 Å². The molecule has 0 aliphatic carbocycles. The molecule has 2 nitrogen and oxygen atoms in total. The summed E-state index contributed by atoms with van der Waals surface area (Å²) in [5, 5.41) is 8.57. The Morgan fingerprint density at radius 2 is 1.28 bits per heavy atom. The average Bonchev–Trinajstić information content (AvgIpc) is 2.45. The molecule has 0 aliphatic rings. The topological polar surface area (TPSA) is 24.7 Å². The molecule has 0 atom stereocenters. The van der Waals surface area contributed by atoms with Crippen molar-refractivity contribution in [1.82, 2.24) is 0 Å². The van der Waals surface area contributed by atoms with Gasteiger partial charge in [0.2, 0.25) is 0 Å². The van der Waals surface area contributed by atoms with E-state index in [-0.39, 0.29) is 0 Å². The van der Waals surface area contributed by atoms with Gasteiger partial charge < -0.3 is 0 Å². The van der Waals surface area contributed by atoms with Crippen molar-refractivity contribution >= 4 is 11.4 Å². The van der Waals surface area contributed by atoms with Gasteiger partial charge in [0.15, 0.2) is 0 Å². The minimum Gasteiger partial charge on any atom is -0.151 e. The first-order chi connectivity index (χ1) is 8.81. The summed E-state index contributed by atoms with van der Waals surface area (Å²) in [6.45, 7) is 4.32. The van der Waals surface area contributed by atoms with Crippen LogP contribution in [-0.4, -0.2) is 0 Å². The normalized spacial score (nSPS) is 11.0. The molecule has 0 amide bonds. The lowest BCUT2D eigenvalue weighted by Crippen LogP contribution is -1.85. The van der Waals surface area contributed by atoms with Crippen molar-refractivity contribution in [3.05, 3.63) is 59.7 Å². The second kappa shape index (κ2) is 6.10. The number of azo groups is 1. The fourth-order valence-corrected chi connectivity index (χ4v) is 1.82. The zero-order chi connectivity index (χ0) is 12.8. The molecule has 0 aromatic heterocycles. The second-order valence-corrected chi connectivity index (χ2v) is 4.25. The third-order valence-electron chi connectivity index (χ3n) is 2.89. The average molecular weight is 238 g/mol. The molecule has 0 heterocycles. The lowest BCUT2D eigenvalue weighted by molar-refractivity contribution is 1.08. The zero-order valence-electron chi connectivity index (χ0n) is 10.9. The van der Waals surface area contributed by atoms with Crippen LogP contribution in [0.3, 0.4) is 0 Å². The van der Waals surface area contributed by atoms with Crippen LogP contribution in [-0.2, 0) is 12.8 Å². The maximum Gasteiger partial charge on any atom is 0.0862 e. The first-order valence-corrected chi connectivity index (χ1v) is 6.41. The zero-order valence-corrected chi connectivity index (χ0v) is 10.9. The van der Waals surface area contributed by atoms with Crippen LogP contribution < -0.4 is 0 Å². The molecule has 0 N–H and O–H groups in total. The number of hydrogen-bond acceptors (Lipinski definition) is 2. The van der Waals surface area contributed by atoms with Crippen molar-refractivity contribution in [3.8, 4) is 0 Å². The van der Waals surface area contributed by atoms with Crippen LogP contribution in [0.25, 0.3) is 0 Å². The first-order valence-electron chi connectivity index (χ1n) is 6.41. The molecule has 92 valence electrons. The lowest BCUT2D eigenvalue weighted by atomic mass is 10.1. The number of aryl methyl sites for hydroxylation is 2. The number of rotatable bonds is 4. The van der Waals surface area contributed by atoms with Crippen molar-refractivity contribution in [3.63, 3.8) is 0 Å². The van der Waals surface area contributed by atoms with Crippen molar-refractivity contribution in [1.29, 1.82) is 0 Å². The van der Waals surface area contributed by atoms with Crippen LogP contribution in [0.4, 0.5) is 11.4 Å². The molecule has 2 heteroatoms. The number of hydrogen-bond donors (Lipinski definition) is 0. The van der Waals surface area contributed by atoms with Crippen molar-refractivity contribution in [2.75, 3.05) is 0 Å². The second-order valence-electron chi connectivity index (χ2n) is 4.25. The maximum atomic E-state index is 4.32. The molecule has 0 saturated carbocycles. The summed E-state index contributed by atoms with van der Waals surface area (Å²) >= 11 is 0. The van der Waals surface area contributed by atoms with Crippen LogP contribution in [0, 0.1) is 0 Å². The van der Waals surface area contributed by atoms with E-state index in [9.17, 15) is 0 Å². The molecule has 0 aliphatic heterocycles. The Morgan fingerprint density at radius 3 is 1.83 bits per heavy atom. The van der Waals surface area contributed by atoms with Crippen LogP contribution in [0.2, 0.25) is 0 Å². The SMILES string of the molecule is CCc1cc(CC)cc(N=Nc2ccccc2)c1. The molecule has 2 aromatic rings. The van der Waals surface area contributed by atoms with E-state index in [1.54, 1.807) is 0 Å². The van der Waals surface area contributed by atoms with Gasteiger partial charge >= 0.3 is 0 Å². The molecule has 0 bridgehead atoms. The summed E-state index contributed by atoms with van der Waals surface area (Å²) in [5.41, 5.74) is 4.46. The van der Waals surface area contributed by atoms with E-state index in [4.69, 9.17) is 0 Å². The van der Waals surface area contributed by atoms with E-state index >= 15 is 0 Å². The number of benzene rings is 2. The molecule has 0 fully saturated rings. The molecule has 2 rings (SSSR count). The van der Waals surface area contributed by atoms with Gasteiger partial charge in [0.05, 0.1) is 11.4 Å². The molecule has 18 heavy (non-hydrogen) atoms. The molecule has 0 spiro atoms. The summed E-state index contributed by atoms with van der Waals surface area (Å²) in [7, 11) is 0. The van der Waals surface area contributed by atoms with Crippen LogP contribution in [0.15, 0.2) is 58.8 Å². The Hall–Kier alpha value is -1.96. The first kappa shape index (κ1) is 12.5. The highest BCUT2D eigenvalue weighted by atomic mass is 15.1. The van der Waals surface area contributed by atoms with E-state index in [0.717, 1.165) is 24.2 Å². The fourth-order valence-electron chi connectivity index (χ4n) is 1.82. The minimum atomic E-state index is 0.887. The van der Waals surface area contributed by atoms with Gasteiger partial charge in [-0.3, -0.25) is 0 Å². The Labute approximate surface area is 108 Å². The highest BCUT2D eigenvalue weighted by molar-refractivity contribution is 5.45. The Morgan fingerprint density at radius 1 is 0.722 bits per heavy atom. The third-order valence-corrected chi connectivity index (χ3v) is 2.89. The predicted molar refractivity (Wildman–Crippen MR) is 75.8 cm³/mol. The van der Waals surface area contributed by atoms with E-state index < -0.39 is 0 Å². The molecule has 2 aromatic carbocycles. The van der Waals surface area contributed by atoms with Crippen molar-refractivity contribution in [2.45, 2.75) is 26.7 Å². The summed E-state index contributed by atoms with van der Waals surface area (Å²) in [6.07, 6.45) is 2.06. The maximum absolute atomic E-state index is 4.32. The highest BCUT2D eigenvalue weighted by Gasteiger charge is 1.98. The van der Waals surface area contributed by atoms with E-state index in [2.05, 4.69) is 42.3 Å². The Balaban J connectivity index is 2.25. The predicted octanol–water partition coefficient (Wildman–Crippen LogP) is 5.23. The van der Waals surface area contributed by atoms with Crippen molar-refractivity contribution < 1.29 is 0 Å². The largest absolute Gasteiger partial charge is 0.151 e. The molecule has 0 unspecified atom stereocenters. The summed E-state index contributed by atoms with van der Waals surface area (Å²) in [4.78, 5) is 0. The highest BCUT2D eigenvalue weighted by Crippen LogP contribution is 2.21. The van der Waals surface area contributed by atoms with Gasteiger partial charge in [-0.15, -0.1) is 0 Å². The van der Waals surface area contributed by atoms with Gasteiger partial charge in [0.25, 0.3) is 0 Å². The Bertz CT molecular complexity index is 508.